The molecule has 0 saturated heterocycles. The monoisotopic (exact) mass is 276 g/mol. The summed E-state index contributed by atoms with van der Waals surface area (Å²) in [5.74, 6) is 1.71. The highest BCUT2D eigenvalue weighted by Gasteiger charge is 2.12. The number of anilines is 2. The van der Waals surface area contributed by atoms with Gasteiger partial charge in [-0.15, -0.1) is 0 Å². The molecule has 0 unspecified atom stereocenters. The van der Waals surface area contributed by atoms with Gasteiger partial charge in [-0.05, 0) is 25.3 Å². The van der Waals surface area contributed by atoms with Crippen LogP contribution >= 0.6 is 0 Å². The zero-order valence-corrected chi connectivity index (χ0v) is 12.7. The Bertz CT molecular complexity index is 372. The summed E-state index contributed by atoms with van der Waals surface area (Å²) in [7, 11) is 0. The summed E-state index contributed by atoms with van der Waals surface area (Å²) in [4.78, 5) is 8.91. The minimum absolute atomic E-state index is 0.549. The molecule has 1 aromatic rings. The average molecular weight is 276 g/mol. The van der Waals surface area contributed by atoms with Crippen LogP contribution in [0.4, 0.5) is 11.8 Å². The first-order valence-corrected chi connectivity index (χ1v) is 8.22. The zero-order chi connectivity index (χ0) is 14.0. The number of hydrogen-bond acceptors (Lipinski definition) is 4. The van der Waals surface area contributed by atoms with Crippen LogP contribution < -0.4 is 10.6 Å². The molecular formula is C16H28N4. The molecule has 4 nitrogen and oxygen atoms in total. The molecule has 1 aliphatic rings. The van der Waals surface area contributed by atoms with E-state index in [1.165, 1.54) is 57.8 Å². The molecular weight excluding hydrogens is 248 g/mol. The third-order valence-corrected chi connectivity index (χ3v) is 3.93. The normalized spacial score (nSPS) is 16.6. The molecule has 4 heteroatoms. The van der Waals surface area contributed by atoms with Crippen LogP contribution in [0, 0.1) is 0 Å². The summed E-state index contributed by atoms with van der Waals surface area (Å²) < 4.78 is 0. The predicted octanol–water partition coefficient (Wildman–Crippen LogP) is 4.21. The quantitative estimate of drug-likeness (QED) is 0.578. The van der Waals surface area contributed by atoms with Gasteiger partial charge in [-0.1, -0.05) is 45.4 Å². The van der Waals surface area contributed by atoms with Gasteiger partial charge in [0.05, 0.1) is 0 Å². The maximum atomic E-state index is 4.56. The molecule has 1 aliphatic carbocycles. The van der Waals surface area contributed by atoms with Gasteiger partial charge in [0.1, 0.15) is 5.82 Å². The van der Waals surface area contributed by atoms with Crippen molar-refractivity contribution in [3.8, 4) is 0 Å². The van der Waals surface area contributed by atoms with Gasteiger partial charge in [0, 0.05) is 18.8 Å². The van der Waals surface area contributed by atoms with Crippen molar-refractivity contribution in [1.82, 2.24) is 9.97 Å². The van der Waals surface area contributed by atoms with E-state index in [2.05, 4.69) is 27.5 Å². The molecule has 0 aliphatic heterocycles. The average Bonchev–Trinajstić information content (AvgIpc) is 2.73. The second kappa shape index (κ2) is 8.77. The first kappa shape index (κ1) is 15.1. The molecule has 0 spiro atoms. The SMILES string of the molecule is CCCCCNc1ccnc(NC2CCCCCC2)n1. The molecule has 0 radical (unpaired) electrons. The molecule has 1 heterocycles. The molecule has 112 valence electrons. The fourth-order valence-corrected chi connectivity index (χ4v) is 2.72. The summed E-state index contributed by atoms with van der Waals surface area (Å²) in [6.45, 7) is 3.22. The minimum atomic E-state index is 0.549. The second-order valence-electron chi connectivity index (χ2n) is 5.73. The Morgan fingerprint density at radius 1 is 1.15 bits per heavy atom. The van der Waals surface area contributed by atoms with Crippen molar-refractivity contribution < 1.29 is 0 Å². The highest BCUT2D eigenvalue weighted by molar-refractivity contribution is 5.39. The van der Waals surface area contributed by atoms with Crippen molar-refractivity contribution in [3.05, 3.63) is 12.3 Å². The van der Waals surface area contributed by atoms with Gasteiger partial charge in [0.2, 0.25) is 5.95 Å². The van der Waals surface area contributed by atoms with E-state index in [9.17, 15) is 0 Å². The molecule has 2 rings (SSSR count). The summed E-state index contributed by atoms with van der Waals surface area (Å²) >= 11 is 0. The predicted molar refractivity (Wildman–Crippen MR) is 85.2 cm³/mol. The van der Waals surface area contributed by atoms with Gasteiger partial charge >= 0.3 is 0 Å². The maximum Gasteiger partial charge on any atom is 0.224 e. The van der Waals surface area contributed by atoms with E-state index in [1.807, 2.05) is 12.3 Å². The molecule has 1 fully saturated rings. The number of aromatic nitrogens is 2. The Morgan fingerprint density at radius 3 is 2.70 bits per heavy atom. The lowest BCUT2D eigenvalue weighted by Gasteiger charge is -2.16. The number of nitrogens with zero attached hydrogens (tertiary/aromatic N) is 2. The van der Waals surface area contributed by atoms with E-state index in [4.69, 9.17) is 0 Å². The Hall–Kier alpha value is -1.32. The van der Waals surface area contributed by atoms with Crippen molar-refractivity contribution in [3.63, 3.8) is 0 Å². The van der Waals surface area contributed by atoms with E-state index in [1.54, 1.807) is 0 Å². The summed E-state index contributed by atoms with van der Waals surface area (Å²) in [6.07, 6.45) is 13.5. The first-order valence-electron chi connectivity index (χ1n) is 8.22. The number of unbranched alkanes of at least 4 members (excludes halogenated alkanes) is 2. The number of rotatable bonds is 7. The van der Waals surface area contributed by atoms with Crippen molar-refractivity contribution in [2.45, 2.75) is 70.8 Å². The van der Waals surface area contributed by atoms with E-state index in [-0.39, 0.29) is 0 Å². The summed E-state index contributed by atoms with van der Waals surface area (Å²) in [6, 6.07) is 2.50. The molecule has 20 heavy (non-hydrogen) atoms. The van der Waals surface area contributed by atoms with Crippen LogP contribution in [-0.4, -0.2) is 22.6 Å². The van der Waals surface area contributed by atoms with Crippen LogP contribution in [0.25, 0.3) is 0 Å². The second-order valence-corrected chi connectivity index (χ2v) is 5.73. The molecule has 1 aromatic heterocycles. The minimum Gasteiger partial charge on any atom is -0.370 e. The molecule has 0 aromatic carbocycles. The van der Waals surface area contributed by atoms with Crippen LogP contribution in [0.15, 0.2) is 12.3 Å². The van der Waals surface area contributed by atoms with E-state index < -0.39 is 0 Å². The van der Waals surface area contributed by atoms with Gasteiger partial charge in [0.15, 0.2) is 0 Å². The van der Waals surface area contributed by atoms with Crippen LogP contribution in [0.2, 0.25) is 0 Å². The fraction of sp³-hybridized carbons (Fsp3) is 0.750. The van der Waals surface area contributed by atoms with E-state index in [0.717, 1.165) is 18.3 Å². The highest BCUT2D eigenvalue weighted by atomic mass is 15.1. The zero-order valence-electron chi connectivity index (χ0n) is 12.7. The van der Waals surface area contributed by atoms with E-state index in [0.29, 0.717) is 6.04 Å². The van der Waals surface area contributed by atoms with Gasteiger partial charge in [-0.25, -0.2) is 4.98 Å². The Morgan fingerprint density at radius 2 is 1.95 bits per heavy atom. The number of nitrogens with one attached hydrogen (secondary N) is 2. The van der Waals surface area contributed by atoms with E-state index >= 15 is 0 Å². The van der Waals surface area contributed by atoms with Crippen molar-refractivity contribution >= 4 is 11.8 Å². The maximum absolute atomic E-state index is 4.56. The van der Waals surface area contributed by atoms with Crippen molar-refractivity contribution in [2.24, 2.45) is 0 Å². The highest BCUT2D eigenvalue weighted by Crippen LogP contribution is 2.20. The lowest BCUT2D eigenvalue weighted by atomic mass is 10.1. The molecule has 0 amide bonds. The lowest BCUT2D eigenvalue weighted by molar-refractivity contribution is 0.615. The third-order valence-electron chi connectivity index (χ3n) is 3.93. The summed E-state index contributed by atoms with van der Waals surface area (Å²) in [5.41, 5.74) is 0. The Kier molecular flexibility index (Phi) is 6.61. The van der Waals surface area contributed by atoms with Crippen LogP contribution in [-0.2, 0) is 0 Å². The molecule has 0 bridgehead atoms. The van der Waals surface area contributed by atoms with Gasteiger partial charge in [-0.2, -0.15) is 4.98 Å². The molecule has 0 atom stereocenters. The first-order chi connectivity index (χ1) is 9.88. The summed E-state index contributed by atoms with van der Waals surface area (Å²) in [5, 5.41) is 6.88. The van der Waals surface area contributed by atoms with Gasteiger partial charge < -0.3 is 10.6 Å². The van der Waals surface area contributed by atoms with Crippen molar-refractivity contribution in [2.75, 3.05) is 17.2 Å². The van der Waals surface area contributed by atoms with Gasteiger partial charge in [-0.3, -0.25) is 0 Å². The lowest BCUT2D eigenvalue weighted by Crippen LogP contribution is -2.20. The fourth-order valence-electron chi connectivity index (χ4n) is 2.72. The third kappa shape index (κ3) is 5.35. The smallest absolute Gasteiger partial charge is 0.224 e. The Balaban J connectivity index is 1.81. The molecule has 2 N–H and O–H groups in total. The standard InChI is InChI=1S/C16H28N4/c1-2-3-8-12-17-15-11-13-18-16(20-15)19-14-9-6-4-5-7-10-14/h11,13-14H,2-10,12H2,1H3,(H2,17,18,19,20). The Labute approximate surface area is 122 Å². The van der Waals surface area contributed by atoms with Crippen molar-refractivity contribution in [1.29, 1.82) is 0 Å². The molecule has 1 saturated carbocycles. The topological polar surface area (TPSA) is 49.8 Å². The van der Waals surface area contributed by atoms with Crippen LogP contribution in [0.5, 0.6) is 0 Å². The number of hydrogen-bond donors (Lipinski definition) is 2. The van der Waals surface area contributed by atoms with Crippen LogP contribution in [0.1, 0.15) is 64.7 Å². The van der Waals surface area contributed by atoms with Gasteiger partial charge in [0.25, 0.3) is 0 Å². The van der Waals surface area contributed by atoms with Crippen LogP contribution in [0.3, 0.4) is 0 Å². The largest absolute Gasteiger partial charge is 0.370 e.